The third kappa shape index (κ3) is 4.03. The third-order valence-electron chi connectivity index (χ3n) is 4.16. The quantitative estimate of drug-likeness (QED) is 0.587. The summed E-state index contributed by atoms with van der Waals surface area (Å²) in [5.74, 6) is 1.03. The number of benzene rings is 1. The molecule has 0 N–H and O–H groups in total. The Kier molecular flexibility index (Phi) is 6.54. The van der Waals surface area contributed by atoms with Crippen molar-refractivity contribution in [1.29, 1.82) is 0 Å². The van der Waals surface area contributed by atoms with Gasteiger partial charge < -0.3 is 0 Å². The van der Waals surface area contributed by atoms with Crippen molar-refractivity contribution in [3.05, 3.63) is 72.1 Å². The van der Waals surface area contributed by atoms with Gasteiger partial charge in [-0.05, 0) is 0 Å². The average Bonchev–Trinajstić information content (AvgIpc) is 2.59. The third-order valence-corrected chi connectivity index (χ3v) is 4.59. The second kappa shape index (κ2) is 8.42. The van der Waals surface area contributed by atoms with Gasteiger partial charge in [-0.15, -0.1) is 0 Å². The zero-order valence-corrected chi connectivity index (χ0v) is 16.3. The van der Waals surface area contributed by atoms with Gasteiger partial charge in [-0.25, -0.2) is 0 Å². The van der Waals surface area contributed by atoms with E-state index in [9.17, 15) is 0 Å². The molecular weight excluding hydrogens is 329 g/mol. The van der Waals surface area contributed by atoms with E-state index in [1.54, 1.807) is 6.08 Å². The van der Waals surface area contributed by atoms with E-state index in [4.69, 9.17) is 0 Å². The molecule has 1 nitrogen and oxygen atoms in total. The molecule has 0 fully saturated rings. The summed E-state index contributed by atoms with van der Waals surface area (Å²) in [6, 6.07) is 11.0. The Balaban J connectivity index is 2.65. The van der Waals surface area contributed by atoms with Crippen molar-refractivity contribution in [1.82, 2.24) is 4.98 Å². The van der Waals surface area contributed by atoms with Gasteiger partial charge in [-0.3, -0.25) is 0 Å². The van der Waals surface area contributed by atoms with Crippen LogP contribution in [0.4, 0.5) is 0 Å². The number of pyridine rings is 1. The molecule has 123 valence electrons. The summed E-state index contributed by atoms with van der Waals surface area (Å²) >= 11 is 2.51. The van der Waals surface area contributed by atoms with E-state index < -0.39 is 0 Å². The van der Waals surface area contributed by atoms with Gasteiger partial charge in [-0.1, -0.05) is 0 Å². The Morgan fingerprint density at radius 2 is 1.79 bits per heavy atom. The van der Waals surface area contributed by atoms with E-state index in [-0.39, 0.29) is 0 Å². The van der Waals surface area contributed by atoms with Crippen LogP contribution in [-0.4, -0.2) is 9.71 Å². The maximum atomic E-state index is 4.62. The van der Waals surface area contributed by atoms with Crippen LogP contribution in [0.2, 0.25) is 0 Å². The Morgan fingerprint density at radius 1 is 1.08 bits per heavy atom. The van der Waals surface area contributed by atoms with Crippen LogP contribution in [0.15, 0.2) is 55.3 Å². The molecule has 0 amide bonds. The van der Waals surface area contributed by atoms with E-state index in [1.807, 2.05) is 23.1 Å². The van der Waals surface area contributed by atoms with Gasteiger partial charge in [-0.2, -0.15) is 0 Å². The molecule has 0 aliphatic rings. The van der Waals surface area contributed by atoms with Crippen molar-refractivity contribution >= 4 is 10.3 Å². The van der Waals surface area contributed by atoms with Gasteiger partial charge in [0.2, 0.25) is 0 Å². The summed E-state index contributed by atoms with van der Waals surface area (Å²) in [4.78, 5) is 4.62. The topological polar surface area (TPSA) is 12.9 Å². The summed E-state index contributed by atoms with van der Waals surface area (Å²) in [5, 5.41) is 0. The SMILES string of the molecule is C=CC=C([CH]=[V])c1ncccc1-c1ccc(C(C)C)c(C(C)C)c1. The molecule has 1 heterocycles. The molecule has 0 aliphatic heterocycles. The van der Waals surface area contributed by atoms with Gasteiger partial charge in [0.05, 0.1) is 0 Å². The maximum absolute atomic E-state index is 4.62. The summed E-state index contributed by atoms with van der Waals surface area (Å²) in [6.45, 7) is 12.8. The summed E-state index contributed by atoms with van der Waals surface area (Å²) in [6.07, 6.45) is 5.65. The van der Waals surface area contributed by atoms with Crippen molar-refractivity contribution in [2.24, 2.45) is 0 Å². The second-order valence-corrected chi connectivity index (χ2v) is 6.94. The Morgan fingerprint density at radius 3 is 2.38 bits per heavy atom. The normalized spacial score (nSPS) is 11.8. The number of rotatable bonds is 6. The molecule has 1 aromatic heterocycles. The molecular formula is C22H25NV. The number of allylic oxidation sites excluding steroid dienone is 3. The standard InChI is InChI=1S/C22H25N.V/c1-7-9-17(6)22-20(10-8-13-23-22)18-11-12-19(15(2)3)21(14-18)16(4)5;/h6-16H,1H2,2-5H3;. The molecule has 2 heteroatoms. The van der Waals surface area contributed by atoms with Gasteiger partial charge in [0.25, 0.3) is 0 Å². The molecule has 0 saturated carbocycles. The van der Waals surface area contributed by atoms with E-state index >= 15 is 0 Å². The first-order chi connectivity index (χ1) is 11.5. The molecule has 0 unspecified atom stereocenters. The number of nitrogens with zero attached hydrogens (tertiary/aromatic N) is 1. The van der Waals surface area contributed by atoms with Crippen LogP contribution in [0.25, 0.3) is 16.7 Å². The molecule has 0 aliphatic carbocycles. The van der Waals surface area contributed by atoms with Crippen LogP contribution in [0.5, 0.6) is 0 Å². The summed E-state index contributed by atoms with van der Waals surface area (Å²) < 4.78 is 2.02. The molecule has 1 aromatic carbocycles. The first kappa shape index (κ1) is 18.6. The molecule has 24 heavy (non-hydrogen) atoms. The molecule has 2 rings (SSSR count). The number of hydrogen-bond donors (Lipinski definition) is 0. The minimum absolute atomic E-state index is 0.500. The Bertz CT molecular complexity index is 769. The molecule has 2 aromatic rings. The second-order valence-electron chi connectivity index (χ2n) is 6.54. The Labute approximate surface area is 155 Å². The zero-order valence-electron chi connectivity index (χ0n) is 15.0. The Hall–Kier alpha value is -1.70. The van der Waals surface area contributed by atoms with E-state index in [0.29, 0.717) is 11.8 Å². The van der Waals surface area contributed by atoms with Crippen LogP contribution in [0.1, 0.15) is 56.4 Å². The van der Waals surface area contributed by atoms with Crippen molar-refractivity contribution in [2.75, 3.05) is 0 Å². The van der Waals surface area contributed by atoms with Gasteiger partial charge in [0.15, 0.2) is 0 Å². The molecule has 0 atom stereocenters. The first-order valence-corrected chi connectivity index (χ1v) is 9.20. The summed E-state index contributed by atoms with van der Waals surface area (Å²) in [5.41, 5.74) is 7.29. The zero-order chi connectivity index (χ0) is 17.7. The van der Waals surface area contributed by atoms with Crippen molar-refractivity contribution < 1.29 is 17.0 Å². The first-order valence-electron chi connectivity index (χ1n) is 8.39. The minimum atomic E-state index is 0.500. The van der Waals surface area contributed by atoms with Crippen LogP contribution in [0, 0.1) is 0 Å². The number of aromatic nitrogens is 1. The predicted octanol–water partition coefficient (Wildman–Crippen LogP) is 5.91. The van der Waals surface area contributed by atoms with Gasteiger partial charge in [0, 0.05) is 0 Å². The van der Waals surface area contributed by atoms with E-state index in [2.05, 4.69) is 80.5 Å². The van der Waals surface area contributed by atoms with E-state index in [0.717, 1.165) is 16.8 Å². The fourth-order valence-electron chi connectivity index (χ4n) is 2.95. The predicted molar refractivity (Wildman–Crippen MR) is 102 cm³/mol. The molecule has 0 radical (unpaired) electrons. The fraction of sp³-hybridized carbons (Fsp3) is 0.273. The van der Waals surface area contributed by atoms with Crippen LogP contribution < -0.4 is 0 Å². The van der Waals surface area contributed by atoms with Crippen LogP contribution >= 0.6 is 0 Å². The van der Waals surface area contributed by atoms with Crippen molar-refractivity contribution in [2.45, 2.75) is 39.5 Å². The summed E-state index contributed by atoms with van der Waals surface area (Å²) in [7, 11) is 0. The molecule has 0 spiro atoms. The van der Waals surface area contributed by atoms with Crippen molar-refractivity contribution in [3.63, 3.8) is 0 Å². The molecule has 0 saturated heterocycles. The van der Waals surface area contributed by atoms with Crippen molar-refractivity contribution in [3.8, 4) is 11.1 Å². The molecule has 0 bridgehead atoms. The van der Waals surface area contributed by atoms with Crippen LogP contribution in [-0.2, 0) is 17.0 Å². The van der Waals surface area contributed by atoms with E-state index in [1.165, 1.54) is 16.7 Å². The fourth-order valence-corrected chi connectivity index (χ4v) is 3.27. The number of hydrogen-bond acceptors (Lipinski definition) is 1. The van der Waals surface area contributed by atoms with Crippen LogP contribution in [0.3, 0.4) is 0 Å². The average molecular weight is 354 g/mol. The van der Waals surface area contributed by atoms with Gasteiger partial charge >= 0.3 is 155 Å². The van der Waals surface area contributed by atoms with Gasteiger partial charge in [0.1, 0.15) is 0 Å². The monoisotopic (exact) mass is 354 g/mol.